The molecule has 0 atom stereocenters. The van der Waals surface area contributed by atoms with Gasteiger partial charge in [-0.25, -0.2) is 17.6 Å². The van der Waals surface area contributed by atoms with Crippen LogP contribution < -0.4 is 0 Å². The first-order valence-corrected chi connectivity index (χ1v) is 11.2. The Hall–Kier alpha value is -2.49. The highest BCUT2D eigenvalue weighted by molar-refractivity contribution is 7.88. The first kappa shape index (κ1) is 22.2. The van der Waals surface area contributed by atoms with Gasteiger partial charge in [-0.15, -0.1) is 0 Å². The SMILES string of the molecule is O=C(OCC(=O)N1CCN(S(=O)(=O)Cc2ccccc2)CC1)c1c(F)cccc1Cl. The molecule has 0 bridgehead atoms. The molecule has 1 saturated heterocycles. The zero-order valence-electron chi connectivity index (χ0n) is 16.0. The lowest BCUT2D eigenvalue weighted by atomic mass is 10.2. The lowest BCUT2D eigenvalue weighted by Gasteiger charge is -2.33. The molecule has 7 nitrogen and oxygen atoms in total. The molecule has 0 aromatic heterocycles. The number of ether oxygens (including phenoxy) is 1. The van der Waals surface area contributed by atoms with E-state index in [0.29, 0.717) is 5.56 Å². The van der Waals surface area contributed by atoms with Crippen LogP contribution >= 0.6 is 11.6 Å². The highest BCUT2D eigenvalue weighted by Gasteiger charge is 2.29. The summed E-state index contributed by atoms with van der Waals surface area (Å²) in [5.74, 6) is -2.47. The van der Waals surface area contributed by atoms with E-state index in [9.17, 15) is 22.4 Å². The molecule has 0 saturated carbocycles. The van der Waals surface area contributed by atoms with E-state index in [0.717, 1.165) is 6.07 Å². The number of carbonyl (C=O) groups excluding carboxylic acids is 2. The number of nitrogens with zero attached hydrogens (tertiary/aromatic N) is 2. The van der Waals surface area contributed by atoms with Gasteiger partial charge >= 0.3 is 5.97 Å². The average molecular weight is 455 g/mol. The van der Waals surface area contributed by atoms with Crippen LogP contribution in [0, 0.1) is 5.82 Å². The van der Waals surface area contributed by atoms with Crippen LogP contribution in [-0.2, 0) is 25.3 Å². The first-order chi connectivity index (χ1) is 14.3. The van der Waals surface area contributed by atoms with Crippen LogP contribution in [0.15, 0.2) is 48.5 Å². The molecule has 30 heavy (non-hydrogen) atoms. The first-order valence-electron chi connectivity index (χ1n) is 9.18. The van der Waals surface area contributed by atoms with Gasteiger partial charge in [-0.05, 0) is 17.7 Å². The van der Waals surface area contributed by atoms with Crippen molar-refractivity contribution < 1.29 is 27.1 Å². The molecule has 10 heteroatoms. The van der Waals surface area contributed by atoms with Gasteiger partial charge in [0.15, 0.2) is 6.61 Å². The zero-order chi connectivity index (χ0) is 21.7. The van der Waals surface area contributed by atoms with Crippen LogP contribution in [0.2, 0.25) is 5.02 Å². The van der Waals surface area contributed by atoms with E-state index in [4.69, 9.17) is 16.3 Å². The molecule has 1 aliphatic rings. The highest BCUT2D eigenvalue weighted by Crippen LogP contribution is 2.20. The Labute approximate surface area is 179 Å². The van der Waals surface area contributed by atoms with Gasteiger partial charge in [-0.1, -0.05) is 48.0 Å². The van der Waals surface area contributed by atoms with Crippen molar-refractivity contribution in [1.29, 1.82) is 0 Å². The van der Waals surface area contributed by atoms with Crippen LogP contribution in [0.4, 0.5) is 4.39 Å². The third-order valence-electron chi connectivity index (χ3n) is 4.67. The van der Waals surface area contributed by atoms with Crippen molar-refractivity contribution in [3.8, 4) is 0 Å². The van der Waals surface area contributed by atoms with Gasteiger partial charge < -0.3 is 9.64 Å². The van der Waals surface area contributed by atoms with E-state index < -0.39 is 39.9 Å². The number of halogens is 2. The van der Waals surface area contributed by atoms with E-state index in [2.05, 4.69) is 0 Å². The van der Waals surface area contributed by atoms with Crippen molar-refractivity contribution >= 4 is 33.5 Å². The van der Waals surface area contributed by atoms with Crippen LogP contribution in [0.5, 0.6) is 0 Å². The smallest absolute Gasteiger partial charge is 0.343 e. The summed E-state index contributed by atoms with van der Waals surface area (Å²) in [6.07, 6.45) is 0. The van der Waals surface area contributed by atoms with Crippen LogP contribution in [0.1, 0.15) is 15.9 Å². The lowest BCUT2D eigenvalue weighted by molar-refractivity contribution is -0.135. The molecule has 3 rings (SSSR count). The van der Waals surface area contributed by atoms with Crippen molar-refractivity contribution in [2.45, 2.75) is 5.75 Å². The van der Waals surface area contributed by atoms with Gasteiger partial charge in [-0.3, -0.25) is 4.79 Å². The summed E-state index contributed by atoms with van der Waals surface area (Å²) in [6.45, 7) is 0.0535. The third-order valence-corrected chi connectivity index (χ3v) is 6.84. The Kier molecular flexibility index (Phi) is 7.06. The van der Waals surface area contributed by atoms with Gasteiger partial charge in [0.1, 0.15) is 11.4 Å². The molecule has 2 aromatic carbocycles. The minimum atomic E-state index is -3.50. The molecule has 0 radical (unpaired) electrons. The second-order valence-electron chi connectivity index (χ2n) is 6.69. The molecule has 0 N–H and O–H groups in total. The predicted octanol–water partition coefficient (Wildman–Crippen LogP) is 2.31. The molecule has 0 aliphatic carbocycles. The highest BCUT2D eigenvalue weighted by atomic mass is 35.5. The van der Waals surface area contributed by atoms with Crippen molar-refractivity contribution in [2.75, 3.05) is 32.8 Å². The fourth-order valence-corrected chi connectivity index (χ4v) is 4.83. The number of rotatable bonds is 6. The van der Waals surface area contributed by atoms with Gasteiger partial charge in [0.2, 0.25) is 10.0 Å². The second kappa shape index (κ2) is 9.55. The summed E-state index contributed by atoms with van der Waals surface area (Å²) in [6, 6.07) is 12.6. The number of amides is 1. The van der Waals surface area contributed by atoms with E-state index in [1.165, 1.54) is 21.3 Å². The second-order valence-corrected chi connectivity index (χ2v) is 9.07. The van der Waals surface area contributed by atoms with Crippen molar-refractivity contribution in [3.05, 3.63) is 70.5 Å². The standard InChI is InChI=1S/C20H20ClFN2O5S/c21-16-7-4-8-17(22)19(16)20(26)29-13-18(25)23-9-11-24(12-10-23)30(27,28)14-15-5-2-1-3-6-15/h1-8H,9-14H2. The monoisotopic (exact) mass is 454 g/mol. The Morgan fingerprint density at radius 2 is 1.67 bits per heavy atom. The molecule has 0 unspecified atom stereocenters. The molecule has 1 fully saturated rings. The molecule has 0 spiro atoms. The van der Waals surface area contributed by atoms with Crippen molar-refractivity contribution in [1.82, 2.24) is 9.21 Å². The van der Waals surface area contributed by atoms with Crippen LogP contribution in [0.3, 0.4) is 0 Å². The quantitative estimate of drug-likeness (QED) is 0.625. The maximum atomic E-state index is 13.7. The fraction of sp³-hybridized carbons (Fsp3) is 0.300. The Bertz CT molecular complexity index is 1000. The molecule has 1 aliphatic heterocycles. The molecular formula is C20H20ClFN2O5S. The van der Waals surface area contributed by atoms with E-state index in [1.807, 2.05) is 6.07 Å². The minimum Gasteiger partial charge on any atom is -0.452 e. The number of sulfonamides is 1. The topological polar surface area (TPSA) is 84.0 Å². The largest absolute Gasteiger partial charge is 0.452 e. The number of hydrogen-bond donors (Lipinski definition) is 0. The number of hydrogen-bond acceptors (Lipinski definition) is 5. The van der Waals surface area contributed by atoms with Crippen molar-refractivity contribution in [2.24, 2.45) is 0 Å². The Balaban J connectivity index is 1.51. The summed E-state index contributed by atoms with van der Waals surface area (Å²) < 4.78 is 45.1. The number of benzene rings is 2. The summed E-state index contributed by atoms with van der Waals surface area (Å²) in [5.41, 5.74) is 0.263. The van der Waals surface area contributed by atoms with Crippen LogP contribution in [0.25, 0.3) is 0 Å². The minimum absolute atomic E-state index is 0.107. The Morgan fingerprint density at radius 3 is 2.30 bits per heavy atom. The van der Waals surface area contributed by atoms with E-state index >= 15 is 0 Å². The molecule has 1 amide bonds. The van der Waals surface area contributed by atoms with Crippen molar-refractivity contribution in [3.63, 3.8) is 0 Å². The summed E-state index contributed by atoms with van der Waals surface area (Å²) in [5, 5.41) is -0.107. The third kappa shape index (κ3) is 5.35. The maximum absolute atomic E-state index is 13.7. The molecule has 1 heterocycles. The van der Waals surface area contributed by atoms with Gasteiger partial charge in [0, 0.05) is 26.2 Å². The fourth-order valence-electron chi connectivity index (χ4n) is 3.08. The Morgan fingerprint density at radius 1 is 1.00 bits per heavy atom. The van der Waals surface area contributed by atoms with Gasteiger partial charge in [0.25, 0.3) is 5.91 Å². The number of esters is 1. The molecule has 160 valence electrons. The zero-order valence-corrected chi connectivity index (χ0v) is 17.5. The molecular weight excluding hydrogens is 435 g/mol. The van der Waals surface area contributed by atoms with Gasteiger partial charge in [0.05, 0.1) is 10.8 Å². The summed E-state index contributed by atoms with van der Waals surface area (Å²) >= 11 is 5.81. The summed E-state index contributed by atoms with van der Waals surface area (Å²) in [7, 11) is -3.50. The number of carbonyl (C=O) groups is 2. The summed E-state index contributed by atoms with van der Waals surface area (Å²) in [4.78, 5) is 25.7. The van der Waals surface area contributed by atoms with Crippen LogP contribution in [-0.4, -0.2) is 62.3 Å². The molecule has 2 aromatic rings. The van der Waals surface area contributed by atoms with Gasteiger partial charge in [-0.2, -0.15) is 4.31 Å². The maximum Gasteiger partial charge on any atom is 0.343 e. The van der Waals surface area contributed by atoms with E-state index in [1.54, 1.807) is 24.3 Å². The number of piperazine rings is 1. The normalized spacial score (nSPS) is 15.1. The average Bonchev–Trinajstić information content (AvgIpc) is 2.72. The van der Waals surface area contributed by atoms with E-state index in [-0.39, 0.29) is 37.0 Å². The lowest BCUT2D eigenvalue weighted by Crippen LogP contribution is -2.51. The predicted molar refractivity (Wildman–Crippen MR) is 109 cm³/mol.